The number of carbonyl (C=O) groups excluding carboxylic acids is 1. The maximum Gasteiger partial charge on any atom is 0.238 e. The van der Waals surface area contributed by atoms with Gasteiger partial charge >= 0.3 is 0 Å². The van der Waals surface area contributed by atoms with Crippen molar-refractivity contribution >= 4 is 11.6 Å². The summed E-state index contributed by atoms with van der Waals surface area (Å²) in [4.78, 5) is 18.7. The molecule has 0 aliphatic carbocycles. The molecule has 0 aliphatic heterocycles. The summed E-state index contributed by atoms with van der Waals surface area (Å²) in [7, 11) is 1.89. The summed E-state index contributed by atoms with van der Waals surface area (Å²) < 4.78 is 5.54. The lowest BCUT2D eigenvalue weighted by molar-refractivity contribution is -0.117. The van der Waals surface area contributed by atoms with E-state index in [1.54, 1.807) is 6.26 Å². The van der Waals surface area contributed by atoms with Crippen LogP contribution in [0.25, 0.3) is 11.5 Å². The Balaban J connectivity index is 1.56. The molecule has 3 aromatic rings. The maximum atomic E-state index is 12.3. The highest BCUT2D eigenvalue weighted by atomic mass is 16.3. The maximum absolute atomic E-state index is 12.3. The van der Waals surface area contributed by atoms with Crippen LogP contribution in [0.2, 0.25) is 0 Å². The van der Waals surface area contributed by atoms with Crippen LogP contribution >= 0.6 is 0 Å². The van der Waals surface area contributed by atoms with Gasteiger partial charge in [-0.05, 0) is 37.2 Å². The summed E-state index contributed by atoms with van der Waals surface area (Å²) in [5.41, 5.74) is 3.75. The van der Waals surface area contributed by atoms with Crippen molar-refractivity contribution in [2.24, 2.45) is 0 Å². The molecule has 0 aliphatic rings. The summed E-state index contributed by atoms with van der Waals surface area (Å²) in [5.74, 6) is 0.551. The van der Waals surface area contributed by atoms with Crippen LogP contribution < -0.4 is 5.32 Å². The Morgan fingerprint density at radius 1 is 1.12 bits per heavy atom. The molecule has 0 bridgehead atoms. The normalized spacial score (nSPS) is 10.9. The number of benzene rings is 2. The first-order valence-electron chi connectivity index (χ1n) is 8.72. The van der Waals surface area contributed by atoms with Crippen LogP contribution in [0.5, 0.6) is 0 Å². The molecule has 26 heavy (non-hydrogen) atoms. The molecule has 1 amide bonds. The van der Waals surface area contributed by atoms with Gasteiger partial charge in [0.25, 0.3) is 0 Å². The van der Waals surface area contributed by atoms with E-state index in [0.29, 0.717) is 12.4 Å². The molecule has 1 N–H and O–H groups in total. The van der Waals surface area contributed by atoms with Gasteiger partial charge < -0.3 is 9.73 Å². The monoisotopic (exact) mass is 349 g/mol. The van der Waals surface area contributed by atoms with Gasteiger partial charge in [0.1, 0.15) is 6.26 Å². The fraction of sp³-hybridized carbons (Fsp3) is 0.238. The summed E-state index contributed by atoms with van der Waals surface area (Å²) in [5, 5.41) is 2.98. The van der Waals surface area contributed by atoms with Crippen LogP contribution in [0.15, 0.2) is 65.3 Å². The third kappa shape index (κ3) is 4.58. The molecule has 0 fully saturated rings. The lowest BCUT2D eigenvalue weighted by Crippen LogP contribution is -2.30. The molecule has 0 radical (unpaired) electrons. The van der Waals surface area contributed by atoms with Crippen LogP contribution in [0.3, 0.4) is 0 Å². The quantitative estimate of drug-likeness (QED) is 0.701. The number of aryl methyl sites for hydroxylation is 1. The number of amides is 1. The molecule has 1 aromatic heterocycles. The van der Waals surface area contributed by atoms with E-state index < -0.39 is 0 Å². The number of carbonyl (C=O) groups is 1. The topological polar surface area (TPSA) is 58.4 Å². The lowest BCUT2D eigenvalue weighted by Gasteiger charge is -2.15. The van der Waals surface area contributed by atoms with Crippen molar-refractivity contribution in [3.8, 4) is 11.5 Å². The zero-order valence-corrected chi connectivity index (χ0v) is 15.1. The van der Waals surface area contributed by atoms with E-state index in [9.17, 15) is 4.79 Å². The van der Waals surface area contributed by atoms with Gasteiger partial charge in [-0.1, -0.05) is 43.3 Å². The number of hydrogen-bond acceptors (Lipinski definition) is 4. The number of nitrogens with zero attached hydrogens (tertiary/aromatic N) is 2. The zero-order valence-electron chi connectivity index (χ0n) is 15.1. The van der Waals surface area contributed by atoms with Crippen LogP contribution in [0, 0.1) is 0 Å². The Kier molecular flexibility index (Phi) is 5.81. The Hall–Kier alpha value is -2.92. The molecule has 134 valence electrons. The second-order valence-electron chi connectivity index (χ2n) is 6.24. The van der Waals surface area contributed by atoms with Gasteiger partial charge in [0.15, 0.2) is 0 Å². The standard InChI is InChI=1S/C21H23N3O2/c1-3-16-9-7-8-12-19(16)23-20(25)14-24(2)13-18-15-26-21(22-18)17-10-5-4-6-11-17/h4-12,15H,3,13-14H2,1-2H3,(H,23,25). The Labute approximate surface area is 153 Å². The Morgan fingerprint density at radius 2 is 1.85 bits per heavy atom. The average Bonchev–Trinajstić information content (AvgIpc) is 3.11. The van der Waals surface area contributed by atoms with Crippen LogP contribution in [0.1, 0.15) is 18.2 Å². The lowest BCUT2D eigenvalue weighted by atomic mass is 10.1. The summed E-state index contributed by atoms with van der Waals surface area (Å²) in [6.45, 7) is 2.90. The minimum Gasteiger partial charge on any atom is -0.444 e. The highest BCUT2D eigenvalue weighted by Crippen LogP contribution is 2.19. The molecule has 0 saturated carbocycles. The van der Waals surface area contributed by atoms with Gasteiger partial charge in [0.05, 0.1) is 12.2 Å². The highest BCUT2D eigenvalue weighted by Gasteiger charge is 2.12. The third-order valence-corrected chi connectivity index (χ3v) is 4.09. The van der Waals surface area contributed by atoms with E-state index in [0.717, 1.165) is 28.9 Å². The molecule has 0 spiro atoms. The fourth-order valence-electron chi connectivity index (χ4n) is 2.81. The van der Waals surface area contributed by atoms with Crippen molar-refractivity contribution < 1.29 is 9.21 Å². The molecule has 0 atom stereocenters. The van der Waals surface area contributed by atoms with Gasteiger partial charge in [0.2, 0.25) is 11.8 Å². The van der Waals surface area contributed by atoms with E-state index in [2.05, 4.69) is 17.2 Å². The average molecular weight is 349 g/mol. The smallest absolute Gasteiger partial charge is 0.238 e. The third-order valence-electron chi connectivity index (χ3n) is 4.09. The first kappa shape index (κ1) is 17.9. The van der Waals surface area contributed by atoms with Gasteiger partial charge in [-0.3, -0.25) is 9.69 Å². The minimum absolute atomic E-state index is 0.0415. The Bertz CT molecular complexity index is 858. The fourth-order valence-corrected chi connectivity index (χ4v) is 2.81. The Morgan fingerprint density at radius 3 is 2.62 bits per heavy atom. The predicted molar refractivity (Wildman–Crippen MR) is 103 cm³/mol. The number of rotatable bonds is 7. The van der Waals surface area contributed by atoms with Gasteiger partial charge in [-0.25, -0.2) is 4.98 Å². The van der Waals surface area contributed by atoms with Crippen molar-refractivity contribution in [3.63, 3.8) is 0 Å². The van der Waals surface area contributed by atoms with E-state index in [4.69, 9.17) is 4.42 Å². The number of anilines is 1. The van der Waals surface area contributed by atoms with E-state index in [1.165, 1.54) is 0 Å². The van der Waals surface area contributed by atoms with Crippen LogP contribution in [-0.2, 0) is 17.8 Å². The van der Waals surface area contributed by atoms with E-state index >= 15 is 0 Å². The molecule has 3 rings (SSSR count). The summed E-state index contributed by atoms with van der Waals surface area (Å²) >= 11 is 0. The van der Waals surface area contributed by atoms with Crippen LogP contribution in [0.4, 0.5) is 5.69 Å². The number of oxazole rings is 1. The van der Waals surface area contributed by atoms with Crippen molar-refractivity contribution in [1.29, 1.82) is 0 Å². The van der Waals surface area contributed by atoms with Crippen molar-refractivity contribution in [2.45, 2.75) is 19.9 Å². The van der Waals surface area contributed by atoms with Crippen molar-refractivity contribution in [3.05, 3.63) is 72.1 Å². The molecule has 0 unspecified atom stereocenters. The first-order chi connectivity index (χ1) is 12.7. The van der Waals surface area contributed by atoms with Crippen molar-refractivity contribution in [2.75, 3.05) is 18.9 Å². The van der Waals surface area contributed by atoms with Gasteiger partial charge in [-0.15, -0.1) is 0 Å². The number of para-hydroxylation sites is 1. The largest absolute Gasteiger partial charge is 0.444 e. The molecule has 2 aromatic carbocycles. The molecular formula is C21H23N3O2. The first-order valence-corrected chi connectivity index (χ1v) is 8.72. The van der Waals surface area contributed by atoms with Crippen molar-refractivity contribution in [1.82, 2.24) is 9.88 Å². The van der Waals surface area contributed by atoms with Gasteiger partial charge in [-0.2, -0.15) is 0 Å². The molecular weight excluding hydrogens is 326 g/mol. The summed E-state index contributed by atoms with van der Waals surface area (Å²) in [6.07, 6.45) is 2.52. The minimum atomic E-state index is -0.0415. The second-order valence-corrected chi connectivity index (χ2v) is 6.24. The number of hydrogen-bond donors (Lipinski definition) is 1. The summed E-state index contributed by atoms with van der Waals surface area (Å²) in [6, 6.07) is 17.6. The number of likely N-dealkylation sites (N-methyl/N-ethyl adjacent to an activating group) is 1. The van der Waals surface area contributed by atoms with E-state index in [1.807, 2.05) is 66.5 Å². The van der Waals surface area contributed by atoms with Gasteiger partial charge in [0, 0.05) is 17.8 Å². The molecule has 1 heterocycles. The molecule has 5 nitrogen and oxygen atoms in total. The SMILES string of the molecule is CCc1ccccc1NC(=O)CN(C)Cc1coc(-c2ccccc2)n1. The number of nitrogens with one attached hydrogen (secondary N) is 1. The highest BCUT2D eigenvalue weighted by molar-refractivity contribution is 5.92. The second kappa shape index (κ2) is 8.45. The number of aromatic nitrogens is 1. The zero-order chi connectivity index (χ0) is 18.4. The molecule has 0 saturated heterocycles. The molecule has 5 heteroatoms. The predicted octanol–water partition coefficient (Wildman–Crippen LogP) is 3.97. The van der Waals surface area contributed by atoms with E-state index in [-0.39, 0.29) is 12.5 Å². The van der Waals surface area contributed by atoms with Crippen LogP contribution in [-0.4, -0.2) is 29.4 Å².